The molecule has 2 N–H and O–H groups in total. The third kappa shape index (κ3) is 3.76. The highest BCUT2D eigenvalue weighted by atomic mass is 19.1. The molecule has 0 radical (unpaired) electrons. The minimum atomic E-state index is -0.175. The standard InChI is InChI=1S/C16H19FN4/c17-14-3-1-12(2-4-14)9-13-6-8-21(10-13)11-16-19-7-5-15(18)20-16/h1-5,7,13H,6,8-11H2,(H2,18,19,20). The summed E-state index contributed by atoms with van der Waals surface area (Å²) in [5, 5.41) is 0. The van der Waals surface area contributed by atoms with E-state index in [0.29, 0.717) is 11.7 Å². The fourth-order valence-corrected chi connectivity index (χ4v) is 2.87. The lowest BCUT2D eigenvalue weighted by Gasteiger charge is -2.15. The predicted molar refractivity (Wildman–Crippen MR) is 79.9 cm³/mol. The highest BCUT2D eigenvalue weighted by Crippen LogP contribution is 2.22. The van der Waals surface area contributed by atoms with Crippen LogP contribution >= 0.6 is 0 Å². The van der Waals surface area contributed by atoms with E-state index in [1.807, 2.05) is 12.1 Å². The molecule has 0 amide bonds. The lowest BCUT2D eigenvalue weighted by Crippen LogP contribution is -2.22. The smallest absolute Gasteiger partial charge is 0.144 e. The minimum absolute atomic E-state index is 0.175. The summed E-state index contributed by atoms with van der Waals surface area (Å²) in [6, 6.07) is 8.51. The molecule has 2 heterocycles. The fourth-order valence-electron chi connectivity index (χ4n) is 2.87. The molecule has 1 saturated heterocycles. The molecule has 3 rings (SSSR count). The van der Waals surface area contributed by atoms with Gasteiger partial charge in [-0.15, -0.1) is 0 Å². The van der Waals surface area contributed by atoms with Crippen LogP contribution in [-0.2, 0) is 13.0 Å². The fraction of sp³-hybridized carbons (Fsp3) is 0.375. The van der Waals surface area contributed by atoms with Gasteiger partial charge in [-0.2, -0.15) is 0 Å². The van der Waals surface area contributed by atoms with Crippen molar-refractivity contribution in [2.75, 3.05) is 18.8 Å². The van der Waals surface area contributed by atoms with Gasteiger partial charge in [0.05, 0.1) is 6.54 Å². The van der Waals surface area contributed by atoms with Gasteiger partial charge in [-0.05, 0) is 49.1 Å². The van der Waals surface area contributed by atoms with Crippen molar-refractivity contribution in [2.45, 2.75) is 19.4 Å². The SMILES string of the molecule is Nc1ccnc(CN2CCC(Cc3ccc(F)cc3)C2)n1. The van der Waals surface area contributed by atoms with Gasteiger partial charge in [0.15, 0.2) is 0 Å². The lowest BCUT2D eigenvalue weighted by molar-refractivity contribution is 0.308. The van der Waals surface area contributed by atoms with Crippen LogP contribution in [0.2, 0.25) is 0 Å². The summed E-state index contributed by atoms with van der Waals surface area (Å²) in [6.07, 6.45) is 3.85. The average Bonchev–Trinajstić information content (AvgIpc) is 2.89. The molecule has 110 valence electrons. The molecule has 1 unspecified atom stereocenters. The van der Waals surface area contributed by atoms with Gasteiger partial charge in [0, 0.05) is 12.7 Å². The number of anilines is 1. The first-order valence-corrected chi connectivity index (χ1v) is 7.23. The highest BCUT2D eigenvalue weighted by Gasteiger charge is 2.23. The van der Waals surface area contributed by atoms with Crippen LogP contribution in [0.5, 0.6) is 0 Å². The predicted octanol–water partition coefficient (Wildman–Crippen LogP) is 2.26. The Morgan fingerprint density at radius 2 is 2.05 bits per heavy atom. The Balaban J connectivity index is 1.54. The van der Waals surface area contributed by atoms with Crippen molar-refractivity contribution in [3.8, 4) is 0 Å². The van der Waals surface area contributed by atoms with Crippen LogP contribution in [0.4, 0.5) is 10.2 Å². The monoisotopic (exact) mass is 286 g/mol. The van der Waals surface area contributed by atoms with Crippen molar-refractivity contribution in [3.05, 3.63) is 53.7 Å². The molecular weight excluding hydrogens is 267 g/mol. The molecule has 5 heteroatoms. The number of aromatic nitrogens is 2. The van der Waals surface area contributed by atoms with Crippen molar-refractivity contribution in [1.82, 2.24) is 14.9 Å². The van der Waals surface area contributed by atoms with Crippen LogP contribution in [0, 0.1) is 11.7 Å². The molecule has 4 nitrogen and oxygen atoms in total. The van der Waals surface area contributed by atoms with Gasteiger partial charge in [0.1, 0.15) is 17.5 Å². The van der Waals surface area contributed by atoms with Crippen molar-refractivity contribution in [1.29, 1.82) is 0 Å². The molecule has 0 saturated carbocycles. The average molecular weight is 286 g/mol. The van der Waals surface area contributed by atoms with E-state index in [2.05, 4.69) is 14.9 Å². The Labute approximate surface area is 123 Å². The third-order valence-corrected chi connectivity index (χ3v) is 3.90. The number of hydrogen-bond donors (Lipinski definition) is 1. The van der Waals surface area contributed by atoms with Gasteiger partial charge < -0.3 is 5.73 Å². The zero-order valence-electron chi connectivity index (χ0n) is 11.9. The van der Waals surface area contributed by atoms with E-state index < -0.39 is 0 Å². The van der Waals surface area contributed by atoms with Gasteiger partial charge in [0.25, 0.3) is 0 Å². The number of nitrogens with two attached hydrogens (primary N) is 1. The number of nitrogen functional groups attached to an aromatic ring is 1. The van der Waals surface area contributed by atoms with Gasteiger partial charge in [-0.25, -0.2) is 14.4 Å². The van der Waals surface area contributed by atoms with E-state index in [0.717, 1.165) is 38.3 Å². The Morgan fingerprint density at radius 3 is 2.81 bits per heavy atom. The molecular formula is C16H19FN4. The first-order valence-electron chi connectivity index (χ1n) is 7.23. The zero-order valence-corrected chi connectivity index (χ0v) is 11.9. The van der Waals surface area contributed by atoms with E-state index in [4.69, 9.17) is 5.73 Å². The molecule has 1 atom stereocenters. The molecule has 0 bridgehead atoms. The Bertz CT molecular complexity index is 599. The number of halogens is 1. The summed E-state index contributed by atoms with van der Waals surface area (Å²) in [7, 11) is 0. The number of likely N-dealkylation sites (tertiary alicyclic amines) is 1. The number of benzene rings is 1. The van der Waals surface area contributed by atoms with Gasteiger partial charge >= 0.3 is 0 Å². The number of rotatable bonds is 4. The second-order valence-electron chi connectivity index (χ2n) is 5.62. The topological polar surface area (TPSA) is 55.0 Å². The van der Waals surface area contributed by atoms with E-state index in [1.165, 1.54) is 17.7 Å². The van der Waals surface area contributed by atoms with Crippen molar-refractivity contribution < 1.29 is 4.39 Å². The van der Waals surface area contributed by atoms with E-state index >= 15 is 0 Å². The van der Waals surface area contributed by atoms with Crippen LogP contribution in [-0.4, -0.2) is 28.0 Å². The Morgan fingerprint density at radius 1 is 1.24 bits per heavy atom. The summed E-state index contributed by atoms with van der Waals surface area (Å²) < 4.78 is 12.9. The van der Waals surface area contributed by atoms with Gasteiger partial charge in [0.2, 0.25) is 0 Å². The quantitative estimate of drug-likeness (QED) is 0.936. The lowest BCUT2D eigenvalue weighted by atomic mass is 9.99. The summed E-state index contributed by atoms with van der Waals surface area (Å²) in [5.74, 6) is 1.72. The molecule has 0 aliphatic carbocycles. The van der Waals surface area contributed by atoms with Gasteiger partial charge in [-0.1, -0.05) is 12.1 Å². The summed E-state index contributed by atoms with van der Waals surface area (Å²) in [6.45, 7) is 2.81. The summed E-state index contributed by atoms with van der Waals surface area (Å²) in [5.41, 5.74) is 6.87. The van der Waals surface area contributed by atoms with Crippen molar-refractivity contribution in [3.63, 3.8) is 0 Å². The Hall–Kier alpha value is -2.01. The first kappa shape index (κ1) is 13.9. The Kier molecular flexibility index (Phi) is 4.10. The molecule has 21 heavy (non-hydrogen) atoms. The molecule has 1 fully saturated rings. The van der Waals surface area contributed by atoms with Crippen LogP contribution in [0.3, 0.4) is 0 Å². The minimum Gasteiger partial charge on any atom is -0.384 e. The second kappa shape index (κ2) is 6.18. The first-order chi connectivity index (χ1) is 10.2. The molecule has 1 aromatic carbocycles. The van der Waals surface area contributed by atoms with Gasteiger partial charge in [-0.3, -0.25) is 4.90 Å². The molecule has 1 aromatic heterocycles. The number of nitrogens with zero attached hydrogens (tertiary/aromatic N) is 3. The molecule has 2 aromatic rings. The summed E-state index contributed by atoms with van der Waals surface area (Å²) in [4.78, 5) is 10.8. The van der Waals surface area contributed by atoms with Crippen LogP contribution in [0.1, 0.15) is 17.8 Å². The maximum absolute atomic E-state index is 12.9. The van der Waals surface area contributed by atoms with Crippen molar-refractivity contribution >= 4 is 5.82 Å². The maximum atomic E-state index is 12.9. The van der Waals surface area contributed by atoms with E-state index in [1.54, 1.807) is 12.3 Å². The molecule has 0 spiro atoms. The molecule has 1 aliphatic rings. The van der Waals surface area contributed by atoms with Crippen LogP contribution in [0.15, 0.2) is 36.5 Å². The van der Waals surface area contributed by atoms with E-state index in [9.17, 15) is 4.39 Å². The maximum Gasteiger partial charge on any atom is 0.144 e. The van der Waals surface area contributed by atoms with Crippen LogP contribution < -0.4 is 5.73 Å². The molecule has 1 aliphatic heterocycles. The largest absolute Gasteiger partial charge is 0.384 e. The summed E-state index contributed by atoms with van der Waals surface area (Å²) >= 11 is 0. The zero-order chi connectivity index (χ0) is 14.7. The highest BCUT2D eigenvalue weighted by molar-refractivity contribution is 5.25. The second-order valence-corrected chi connectivity index (χ2v) is 5.62. The normalized spacial score (nSPS) is 19.0. The number of hydrogen-bond acceptors (Lipinski definition) is 4. The van der Waals surface area contributed by atoms with Crippen molar-refractivity contribution in [2.24, 2.45) is 5.92 Å². The van der Waals surface area contributed by atoms with E-state index in [-0.39, 0.29) is 5.82 Å². The van der Waals surface area contributed by atoms with Crippen LogP contribution in [0.25, 0.3) is 0 Å². The third-order valence-electron chi connectivity index (χ3n) is 3.90.